The zero-order valence-corrected chi connectivity index (χ0v) is 18.4. The van der Waals surface area contributed by atoms with Gasteiger partial charge in [0, 0.05) is 35.1 Å². The summed E-state index contributed by atoms with van der Waals surface area (Å²) in [4.78, 5) is 4.32. The van der Waals surface area contributed by atoms with Crippen LogP contribution in [0.2, 0.25) is 0 Å². The van der Waals surface area contributed by atoms with Crippen molar-refractivity contribution in [2.45, 2.75) is 65.1 Å². The third kappa shape index (κ3) is 4.46. The molecule has 0 amide bonds. The van der Waals surface area contributed by atoms with Crippen molar-refractivity contribution in [1.29, 1.82) is 0 Å². The SMILES string of the molecule is CCC1CC(CNc2nnc(C(C)c3ccnc(C)c3)c3ccccc23)CC(C)O1. The average Bonchev–Trinajstić information content (AvgIpc) is 2.76. The van der Waals surface area contributed by atoms with Crippen LogP contribution in [0, 0.1) is 12.8 Å². The fourth-order valence-corrected chi connectivity index (χ4v) is 4.62. The smallest absolute Gasteiger partial charge is 0.156 e. The lowest BCUT2D eigenvalue weighted by molar-refractivity contribution is -0.0603. The van der Waals surface area contributed by atoms with Crippen molar-refractivity contribution in [3.63, 3.8) is 0 Å². The van der Waals surface area contributed by atoms with Crippen LogP contribution in [0.1, 0.15) is 62.9 Å². The number of nitrogens with one attached hydrogen (secondary N) is 1. The Morgan fingerprint density at radius 1 is 1.13 bits per heavy atom. The highest BCUT2D eigenvalue weighted by Gasteiger charge is 2.26. The third-order valence-corrected chi connectivity index (χ3v) is 6.25. The number of benzene rings is 1. The Kier molecular flexibility index (Phi) is 6.28. The van der Waals surface area contributed by atoms with Gasteiger partial charge in [-0.25, -0.2) is 0 Å². The van der Waals surface area contributed by atoms with Gasteiger partial charge in [0.15, 0.2) is 5.82 Å². The van der Waals surface area contributed by atoms with E-state index >= 15 is 0 Å². The maximum absolute atomic E-state index is 6.02. The zero-order chi connectivity index (χ0) is 21.1. The van der Waals surface area contributed by atoms with E-state index in [1.165, 1.54) is 5.56 Å². The first-order valence-electron chi connectivity index (χ1n) is 11.1. The van der Waals surface area contributed by atoms with Crippen molar-refractivity contribution in [3.8, 4) is 0 Å². The molecule has 4 rings (SSSR count). The number of aromatic nitrogens is 3. The van der Waals surface area contributed by atoms with E-state index in [9.17, 15) is 0 Å². The summed E-state index contributed by atoms with van der Waals surface area (Å²) in [6.45, 7) is 9.50. The Hall–Kier alpha value is -2.53. The van der Waals surface area contributed by atoms with Gasteiger partial charge >= 0.3 is 0 Å². The van der Waals surface area contributed by atoms with Crippen LogP contribution >= 0.6 is 0 Å². The molecule has 0 bridgehead atoms. The average molecular weight is 405 g/mol. The lowest BCUT2D eigenvalue weighted by Gasteiger charge is -2.33. The fraction of sp³-hybridized carbons (Fsp3) is 0.480. The van der Waals surface area contributed by atoms with Gasteiger partial charge in [-0.1, -0.05) is 38.1 Å². The quantitative estimate of drug-likeness (QED) is 0.588. The number of rotatable bonds is 6. The maximum atomic E-state index is 6.02. The molecule has 1 saturated heterocycles. The molecule has 1 aliphatic heterocycles. The van der Waals surface area contributed by atoms with Crippen LogP contribution in [0.3, 0.4) is 0 Å². The normalized spacial score (nSPS) is 22.7. The number of anilines is 1. The summed E-state index contributed by atoms with van der Waals surface area (Å²) in [6, 6.07) is 12.6. The molecule has 1 aromatic carbocycles. The molecular weight excluding hydrogens is 372 g/mol. The number of hydrogen-bond acceptors (Lipinski definition) is 5. The van der Waals surface area contributed by atoms with Gasteiger partial charge in [-0.05, 0) is 56.7 Å². The highest BCUT2D eigenvalue weighted by molar-refractivity contribution is 5.93. The Bertz CT molecular complexity index is 1010. The molecule has 1 aliphatic rings. The van der Waals surface area contributed by atoms with E-state index in [-0.39, 0.29) is 5.92 Å². The van der Waals surface area contributed by atoms with Gasteiger partial charge in [0.25, 0.3) is 0 Å². The largest absolute Gasteiger partial charge is 0.375 e. The van der Waals surface area contributed by atoms with Gasteiger partial charge in [0.2, 0.25) is 0 Å². The Morgan fingerprint density at radius 2 is 1.93 bits per heavy atom. The number of fused-ring (bicyclic) bond motifs is 1. The summed E-state index contributed by atoms with van der Waals surface area (Å²) in [5, 5.41) is 15.2. The number of hydrogen-bond donors (Lipinski definition) is 1. The number of nitrogens with zero attached hydrogens (tertiary/aromatic N) is 3. The molecule has 5 nitrogen and oxygen atoms in total. The maximum Gasteiger partial charge on any atom is 0.156 e. The summed E-state index contributed by atoms with van der Waals surface area (Å²) in [5.41, 5.74) is 3.24. The van der Waals surface area contributed by atoms with Crippen LogP contribution in [-0.2, 0) is 4.74 Å². The molecule has 30 heavy (non-hydrogen) atoms. The second-order valence-electron chi connectivity index (χ2n) is 8.63. The van der Waals surface area contributed by atoms with Crippen molar-refractivity contribution in [3.05, 3.63) is 59.5 Å². The molecule has 1 fully saturated rings. The molecule has 4 unspecified atom stereocenters. The van der Waals surface area contributed by atoms with E-state index in [0.29, 0.717) is 18.1 Å². The first kappa shape index (κ1) is 20.7. The molecule has 5 heteroatoms. The van der Waals surface area contributed by atoms with E-state index in [1.807, 2.05) is 13.1 Å². The molecule has 0 radical (unpaired) electrons. The summed E-state index contributed by atoms with van der Waals surface area (Å²) < 4.78 is 6.02. The van der Waals surface area contributed by atoms with E-state index < -0.39 is 0 Å². The van der Waals surface area contributed by atoms with Gasteiger partial charge in [0.1, 0.15) is 0 Å². The number of aryl methyl sites for hydroxylation is 1. The lowest BCUT2D eigenvalue weighted by Crippen LogP contribution is -2.34. The van der Waals surface area contributed by atoms with Gasteiger partial charge in [-0.15, -0.1) is 5.10 Å². The van der Waals surface area contributed by atoms with Gasteiger partial charge < -0.3 is 10.1 Å². The van der Waals surface area contributed by atoms with Crippen LogP contribution in [0.5, 0.6) is 0 Å². The van der Waals surface area contributed by atoms with Crippen LogP contribution < -0.4 is 5.32 Å². The second kappa shape index (κ2) is 9.09. The highest BCUT2D eigenvalue weighted by Crippen LogP contribution is 2.32. The van der Waals surface area contributed by atoms with E-state index in [0.717, 1.165) is 53.8 Å². The topological polar surface area (TPSA) is 59.9 Å². The molecular formula is C25H32N4O. The molecule has 2 aromatic heterocycles. The van der Waals surface area contributed by atoms with E-state index in [4.69, 9.17) is 4.74 Å². The minimum Gasteiger partial charge on any atom is -0.375 e. The monoisotopic (exact) mass is 404 g/mol. The third-order valence-electron chi connectivity index (χ3n) is 6.25. The van der Waals surface area contributed by atoms with Crippen LogP contribution in [0.4, 0.5) is 5.82 Å². The van der Waals surface area contributed by atoms with Crippen molar-refractivity contribution >= 4 is 16.6 Å². The summed E-state index contributed by atoms with van der Waals surface area (Å²) >= 11 is 0. The Labute approximate surface area is 179 Å². The Balaban J connectivity index is 1.58. The van der Waals surface area contributed by atoms with Crippen molar-refractivity contribution in [2.75, 3.05) is 11.9 Å². The highest BCUT2D eigenvalue weighted by atomic mass is 16.5. The van der Waals surface area contributed by atoms with Crippen molar-refractivity contribution < 1.29 is 4.74 Å². The van der Waals surface area contributed by atoms with E-state index in [1.54, 1.807) is 0 Å². The number of pyridine rings is 1. The second-order valence-corrected chi connectivity index (χ2v) is 8.63. The molecule has 4 atom stereocenters. The summed E-state index contributed by atoms with van der Waals surface area (Å²) in [7, 11) is 0. The first-order chi connectivity index (χ1) is 14.5. The van der Waals surface area contributed by atoms with Crippen LogP contribution in [0.25, 0.3) is 10.8 Å². The molecule has 0 aliphatic carbocycles. The van der Waals surface area contributed by atoms with Crippen LogP contribution in [0.15, 0.2) is 42.6 Å². The fourth-order valence-electron chi connectivity index (χ4n) is 4.62. The molecule has 3 aromatic rings. The molecule has 1 N–H and O–H groups in total. The predicted octanol–water partition coefficient (Wildman–Crippen LogP) is 5.49. The van der Waals surface area contributed by atoms with Gasteiger partial charge in [-0.3, -0.25) is 4.98 Å². The molecule has 3 heterocycles. The van der Waals surface area contributed by atoms with Crippen molar-refractivity contribution in [1.82, 2.24) is 15.2 Å². The Morgan fingerprint density at radius 3 is 2.70 bits per heavy atom. The zero-order valence-electron chi connectivity index (χ0n) is 18.4. The van der Waals surface area contributed by atoms with Gasteiger partial charge in [0.05, 0.1) is 17.9 Å². The minimum absolute atomic E-state index is 0.153. The molecule has 158 valence electrons. The molecule has 0 spiro atoms. The minimum atomic E-state index is 0.153. The predicted molar refractivity (Wildman–Crippen MR) is 122 cm³/mol. The van der Waals surface area contributed by atoms with E-state index in [2.05, 4.69) is 77.7 Å². The standard InChI is InChI=1S/C25H32N4O/c1-5-21-14-19(13-17(3)30-21)15-27-25-23-9-7-6-8-22(23)24(28-29-25)18(4)20-10-11-26-16(2)12-20/h6-12,17-19,21H,5,13-15H2,1-4H3,(H,27,29). The van der Waals surface area contributed by atoms with Gasteiger partial charge in [-0.2, -0.15) is 5.10 Å². The molecule has 0 saturated carbocycles. The summed E-state index contributed by atoms with van der Waals surface area (Å²) in [5.74, 6) is 1.62. The van der Waals surface area contributed by atoms with Crippen molar-refractivity contribution in [2.24, 2.45) is 5.92 Å². The summed E-state index contributed by atoms with van der Waals surface area (Å²) in [6.07, 6.45) is 5.83. The lowest BCUT2D eigenvalue weighted by atomic mass is 9.91. The first-order valence-corrected chi connectivity index (χ1v) is 11.1. The number of ether oxygens (including phenoxy) is 1. The van der Waals surface area contributed by atoms with Crippen LogP contribution in [-0.4, -0.2) is 33.9 Å².